The van der Waals surface area contributed by atoms with Crippen LogP contribution >= 0.6 is 0 Å². The van der Waals surface area contributed by atoms with Crippen LogP contribution in [0.5, 0.6) is 0 Å². The first kappa shape index (κ1) is 15.1. The Kier molecular flexibility index (Phi) is 4.53. The Balaban J connectivity index is 2.17. The molecule has 0 aromatic heterocycles. The van der Waals surface area contributed by atoms with Crippen molar-refractivity contribution in [3.05, 3.63) is 35.4 Å². The average Bonchev–Trinajstić information content (AvgIpc) is 2.41. The number of hydrogen-bond acceptors (Lipinski definition) is 2. The van der Waals surface area contributed by atoms with Crippen LogP contribution in [0.3, 0.4) is 0 Å². The maximum Gasteiger partial charge on any atom is 0.169 e. The molecule has 0 spiro atoms. The summed E-state index contributed by atoms with van der Waals surface area (Å²) in [6.07, 6.45) is 3.32. The topological polar surface area (TPSA) is 26.3 Å². The molecular weight excluding hydrogens is 262 g/mol. The highest BCUT2D eigenvalue weighted by molar-refractivity contribution is 5.89. The zero-order chi connectivity index (χ0) is 14.8. The monoisotopic (exact) mass is 282 g/mol. The molecule has 1 fully saturated rings. The molecule has 1 aliphatic carbocycles. The van der Waals surface area contributed by atoms with Crippen molar-refractivity contribution < 1.29 is 18.3 Å². The van der Waals surface area contributed by atoms with Gasteiger partial charge in [0.2, 0.25) is 0 Å². The van der Waals surface area contributed by atoms with Gasteiger partial charge in [0, 0.05) is 19.6 Å². The summed E-state index contributed by atoms with van der Waals surface area (Å²) >= 11 is 0. The molecule has 1 aliphatic rings. The summed E-state index contributed by atoms with van der Waals surface area (Å²) in [5.41, 5.74) is -0.579. The van der Waals surface area contributed by atoms with Gasteiger partial charge in [-0.25, -0.2) is 8.78 Å². The van der Waals surface area contributed by atoms with Gasteiger partial charge >= 0.3 is 0 Å². The van der Waals surface area contributed by atoms with E-state index in [0.717, 1.165) is 18.9 Å². The molecule has 1 saturated carbocycles. The van der Waals surface area contributed by atoms with Crippen molar-refractivity contribution in [1.82, 2.24) is 0 Å². The van der Waals surface area contributed by atoms with Gasteiger partial charge in [-0.2, -0.15) is 0 Å². The Morgan fingerprint density at radius 3 is 2.80 bits per heavy atom. The number of benzene rings is 1. The van der Waals surface area contributed by atoms with Crippen molar-refractivity contribution >= 4 is 5.78 Å². The van der Waals surface area contributed by atoms with Gasteiger partial charge in [0.05, 0.1) is 0 Å². The number of methoxy groups -OCH3 is 1. The minimum absolute atomic E-state index is 0.0489. The molecule has 0 saturated heterocycles. The molecule has 0 N–H and O–H groups in total. The van der Waals surface area contributed by atoms with Crippen molar-refractivity contribution in [2.24, 2.45) is 5.92 Å². The van der Waals surface area contributed by atoms with E-state index in [0.29, 0.717) is 18.8 Å². The van der Waals surface area contributed by atoms with Crippen molar-refractivity contribution in [3.63, 3.8) is 0 Å². The summed E-state index contributed by atoms with van der Waals surface area (Å²) in [5, 5.41) is 0. The SMILES string of the molecule is COC1(C(=O)Cc2ccc(F)cc2F)CCCC(C)C1. The average molecular weight is 282 g/mol. The fourth-order valence-electron chi connectivity index (χ4n) is 3.05. The van der Waals surface area contributed by atoms with E-state index in [4.69, 9.17) is 4.74 Å². The second-order valence-electron chi connectivity index (χ2n) is 5.74. The van der Waals surface area contributed by atoms with Crippen molar-refractivity contribution in [3.8, 4) is 0 Å². The molecule has 1 aromatic carbocycles. The molecule has 4 heteroatoms. The number of hydrogen-bond donors (Lipinski definition) is 0. The number of carbonyl (C=O) groups excluding carboxylic acids is 1. The molecular formula is C16H20F2O2. The third kappa shape index (κ3) is 3.06. The molecule has 1 aromatic rings. The van der Waals surface area contributed by atoms with Crippen LogP contribution in [0.4, 0.5) is 8.78 Å². The Labute approximate surface area is 118 Å². The maximum absolute atomic E-state index is 13.7. The minimum atomic E-state index is -0.807. The summed E-state index contributed by atoms with van der Waals surface area (Å²) in [6, 6.07) is 3.32. The van der Waals surface area contributed by atoms with Gasteiger partial charge in [-0.1, -0.05) is 19.4 Å². The smallest absolute Gasteiger partial charge is 0.169 e. The molecule has 2 atom stereocenters. The third-order valence-corrected chi connectivity index (χ3v) is 4.22. The number of ketones is 1. The van der Waals surface area contributed by atoms with E-state index < -0.39 is 17.2 Å². The maximum atomic E-state index is 13.7. The fraction of sp³-hybridized carbons (Fsp3) is 0.562. The summed E-state index contributed by atoms with van der Waals surface area (Å²) in [5.74, 6) is -0.998. The Hall–Kier alpha value is -1.29. The predicted molar refractivity (Wildman–Crippen MR) is 72.4 cm³/mol. The number of rotatable bonds is 4. The standard InChI is InChI=1S/C16H20F2O2/c1-11-4-3-7-16(10-11,20-2)15(19)8-12-5-6-13(17)9-14(12)18/h5-6,9,11H,3-4,7-8,10H2,1-2H3. The van der Waals surface area contributed by atoms with E-state index in [9.17, 15) is 13.6 Å². The van der Waals surface area contributed by atoms with Gasteiger partial charge in [0.15, 0.2) is 5.78 Å². The van der Waals surface area contributed by atoms with Gasteiger partial charge in [-0.05, 0) is 36.8 Å². The number of carbonyl (C=O) groups is 1. The Morgan fingerprint density at radius 1 is 1.45 bits per heavy atom. The Morgan fingerprint density at radius 2 is 2.20 bits per heavy atom. The molecule has 0 aliphatic heterocycles. The van der Waals surface area contributed by atoms with Gasteiger partial charge in [-0.15, -0.1) is 0 Å². The minimum Gasteiger partial charge on any atom is -0.370 e. The molecule has 0 amide bonds. The van der Waals surface area contributed by atoms with Crippen molar-refractivity contribution in [2.75, 3.05) is 7.11 Å². The summed E-state index contributed by atoms with van der Waals surface area (Å²) in [4.78, 5) is 12.5. The normalized spacial score (nSPS) is 26.5. The van der Waals surface area contributed by atoms with E-state index in [2.05, 4.69) is 6.92 Å². The second-order valence-corrected chi connectivity index (χ2v) is 5.74. The van der Waals surface area contributed by atoms with Crippen molar-refractivity contribution in [2.45, 2.75) is 44.6 Å². The van der Waals surface area contributed by atoms with E-state index >= 15 is 0 Å². The van der Waals surface area contributed by atoms with Gasteiger partial charge in [-0.3, -0.25) is 4.79 Å². The van der Waals surface area contributed by atoms with E-state index in [1.165, 1.54) is 19.2 Å². The lowest BCUT2D eigenvalue weighted by molar-refractivity contribution is -0.146. The van der Waals surface area contributed by atoms with Crippen LogP contribution in [0.1, 0.15) is 38.2 Å². The third-order valence-electron chi connectivity index (χ3n) is 4.22. The van der Waals surface area contributed by atoms with E-state index in [1.807, 2.05) is 0 Å². The lowest BCUT2D eigenvalue weighted by Gasteiger charge is -2.37. The van der Waals surface area contributed by atoms with Crippen LogP contribution < -0.4 is 0 Å². The predicted octanol–water partition coefficient (Wildman–Crippen LogP) is 3.67. The fourth-order valence-corrected chi connectivity index (χ4v) is 3.05. The van der Waals surface area contributed by atoms with Gasteiger partial charge in [0.1, 0.15) is 17.2 Å². The molecule has 0 heterocycles. The van der Waals surface area contributed by atoms with Crippen LogP contribution in [-0.2, 0) is 16.0 Å². The first-order valence-electron chi connectivity index (χ1n) is 6.99. The van der Waals surface area contributed by atoms with Crippen molar-refractivity contribution in [1.29, 1.82) is 0 Å². The first-order valence-corrected chi connectivity index (χ1v) is 6.99. The zero-order valence-corrected chi connectivity index (χ0v) is 11.9. The van der Waals surface area contributed by atoms with Gasteiger partial charge in [0.25, 0.3) is 0 Å². The van der Waals surface area contributed by atoms with Crippen LogP contribution in [0.2, 0.25) is 0 Å². The first-order chi connectivity index (χ1) is 9.47. The highest BCUT2D eigenvalue weighted by Crippen LogP contribution is 2.36. The van der Waals surface area contributed by atoms with E-state index in [-0.39, 0.29) is 17.8 Å². The van der Waals surface area contributed by atoms with Crippen LogP contribution in [0.15, 0.2) is 18.2 Å². The van der Waals surface area contributed by atoms with Gasteiger partial charge < -0.3 is 4.74 Å². The lowest BCUT2D eigenvalue weighted by atomic mass is 9.75. The summed E-state index contributed by atoms with van der Waals surface area (Å²) in [6.45, 7) is 2.10. The van der Waals surface area contributed by atoms with Crippen LogP contribution in [0, 0.1) is 17.6 Å². The molecule has 0 bridgehead atoms. The quantitative estimate of drug-likeness (QED) is 0.842. The van der Waals surface area contributed by atoms with Crippen LogP contribution in [0.25, 0.3) is 0 Å². The number of halogens is 2. The molecule has 20 heavy (non-hydrogen) atoms. The number of ether oxygens (including phenoxy) is 1. The second kappa shape index (κ2) is 6.00. The molecule has 110 valence electrons. The highest BCUT2D eigenvalue weighted by Gasteiger charge is 2.41. The Bertz CT molecular complexity index is 501. The summed E-state index contributed by atoms with van der Waals surface area (Å²) in [7, 11) is 1.54. The zero-order valence-electron chi connectivity index (χ0n) is 11.9. The molecule has 2 unspecified atom stereocenters. The summed E-state index contributed by atoms with van der Waals surface area (Å²) < 4.78 is 32.0. The highest BCUT2D eigenvalue weighted by atomic mass is 19.1. The molecule has 2 nitrogen and oxygen atoms in total. The molecule has 0 radical (unpaired) electrons. The molecule has 2 rings (SSSR count). The lowest BCUT2D eigenvalue weighted by Crippen LogP contribution is -2.45. The van der Waals surface area contributed by atoms with E-state index in [1.54, 1.807) is 0 Å². The largest absolute Gasteiger partial charge is 0.370 e. The number of Topliss-reactive ketones (excluding diaryl/α,β-unsaturated/α-hetero) is 1. The van der Waals surface area contributed by atoms with Crippen LogP contribution in [-0.4, -0.2) is 18.5 Å².